The molecule has 0 aliphatic carbocycles. The van der Waals surface area contributed by atoms with Gasteiger partial charge in [0.2, 0.25) is 11.8 Å². The van der Waals surface area contributed by atoms with Crippen LogP contribution >= 0.6 is 11.3 Å². The van der Waals surface area contributed by atoms with Crippen LogP contribution in [0.3, 0.4) is 0 Å². The molecule has 0 bridgehead atoms. The summed E-state index contributed by atoms with van der Waals surface area (Å²) < 4.78 is 1.93. The predicted molar refractivity (Wildman–Crippen MR) is 75.3 cm³/mol. The Labute approximate surface area is 120 Å². The molecule has 0 radical (unpaired) electrons. The summed E-state index contributed by atoms with van der Waals surface area (Å²) in [6, 6.07) is -0.420. The minimum Gasteiger partial charge on any atom is -0.345 e. The summed E-state index contributed by atoms with van der Waals surface area (Å²) >= 11 is 1.55. The maximum atomic E-state index is 12.1. The van der Waals surface area contributed by atoms with Gasteiger partial charge in [0, 0.05) is 17.8 Å². The van der Waals surface area contributed by atoms with Gasteiger partial charge < -0.3 is 10.2 Å². The summed E-state index contributed by atoms with van der Waals surface area (Å²) in [4.78, 5) is 31.1. The number of carbonyl (C=O) groups excluding carboxylic acids is 2. The van der Waals surface area contributed by atoms with Crippen molar-refractivity contribution in [2.75, 3.05) is 6.54 Å². The van der Waals surface area contributed by atoms with Crippen LogP contribution in [0.15, 0.2) is 17.8 Å². The largest absolute Gasteiger partial charge is 0.345 e. The highest BCUT2D eigenvalue weighted by atomic mass is 32.1. The van der Waals surface area contributed by atoms with Crippen LogP contribution in [0, 0.1) is 5.92 Å². The van der Waals surface area contributed by atoms with E-state index < -0.39 is 6.04 Å². The van der Waals surface area contributed by atoms with Crippen LogP contribution < -0.4 is 5.32 Å². The van der Waals surface area contributed by atoms with Crippen LogP contribution in [-0.4, -0.2) is 38.7 Å². The van der Waals surface area contributed by atoms with Gasteiger partial charge in [0.25, 0.3) is 0 Å². The summed E-state index contributed by atoms with van der Waals surface area (Å²) in [6.45, 7) is 4.34. The Balaban J connectivity index is 1.87. The predicted octanol–water partition coefficient (Wildman–Crippen LogP) is 0.879. The fraction of sp³-hybridized carbons (Fsp3) is 0.462. The second-order valence-electron chi connectivity index (χ2n) is 5.25. The average molecular weight is 292 g/mol. The molecule has 7 heteroatoms. The number of aromatic nitrogens is 2. The lowest BCUT2D eigenvalue weighted by Gasteiger charge is -2.36. The van der Waals surface area contributed by atoms with Crippen molar-refractivity contribution in [1.82, 2.24) is 19.6 Å². The molecule has 2 amide bonds. The van der Waals surface area contributed by atoms with Gasteiger partial charge in [0.1, 0.15) is 6.04 Å². The highest BCUT2D eigenvalue weighted by Crippen LogP contribution is 2.19. The van der Waals surface area contributed by atoms with Crippen molar-refractivity contribution < 1.29 is 9.59 Å². The number of rotatable bonds is 3. The van der Waals surface area contributed by atoms with Crippen molar-refractivity contribution in [2.24, 2.45) is 5.92 Å². The summed E-state index contributed by atoms with van der Waals surface area (Å²) in [6.07, 6.45) is 3.84. The summed E-state index contributed by atoms with van der Waals surface area (Å²) in [7, 11) is 0. The highest BCUT2D eigenvalue weighted by molar-refractivity contribution is 7.15. The van der Waals surface area contributed by atoms with E-state index in [2.05, 4.69) is 10.3 Å². The van der Waals surface area contributed by atoms with E-state index >= 15 is 0 Å². The zero-order chi connectivity index (χ0) is 14.3. The quantitative estimate of drug-likeness (QED) is 0.913. The highest BCUT2D eigenvalue weighted by Gasteiger charge is 2.36. The van der Waals surface area contributed by atoms with E-state index in [1.807, 2.05) is 36.0 Å². The Morgan fingerprint density at radius 1 is 1.50 bits per heavy atom. The first-order valence-electron chi connectivity index (χ1n) is 6.54. The number of nitrogens with one attached hydrogen (secondary N) is 1. The molecule has 1 aliphatic heterocycles. The number of fused-ring (bicyclic) bond motifs is 1. The van der Waals surface area contributed by atoms with E-state index in [9.17, 15) is 9.59 Å². The molecule has 0 spiro atoms. The summed E-state index contributed by atoms with van der Waals surface area (Å²) in [5.41, 5.74) is 0.811. The minimum absolute atomic E-state index is 0.0559. The third kappa shape index (κ3) is 2.18. The molecule has 1 atom stereocenters. The standard InChI is InChI=1S/C13H16N4O2S/c1-8(2)11-12(19)14-5-10(18)17(11)7-9-6-16-3-4-20-13(16)15-9/h3-4,6,8,11H,5,7H2,1-2H3,(H,14,19). The van der Waals surface area contributed by atoms with Gasteiger partial charge in [0.15, 0.2) is 4.96 Å². The second-order valence-corrected chi connectivity index (χ2v) is 6.13. The zero-order valence-electron chi connectivity index (χ0n) is 11.4. The van der Waals surface area contributed by atoms with Gasteiger partial charge in [-0.25, -0.2) is 4.98 Å². The van der Waals surface area contributed by atoms with Gasteiger partial charge in [-0.15, -0.1) is 11.3 Å². The fourth-order valence-corrected chi connectivity index (χ4v) is 3.26. The number of carbonyl (C=O) groups is 2. The Morgan fingerprint density at radius 3 is 3.00 bits per heavy atom. The second kappa shape index (κ2) is 4.90. The maximum absolute atomic E-state index is 12.1. The lowest BCUT2D eigenvalue weighted by molar-refractivity contribution is -0.148. The van der Waals surface area contributed by atoms with Crippen LogP contribution in [0.1, 0.15) is 19.5 Å². The molecule has 106 valence electrons. The maximum Gasteiger partial charge on any atom is 0.243 e. The first kappa shape index (κ1) is 13.1. The van der Waals surface area contributed by atoms with Crippen molar-refractivity contribution in [2.45, 2.75) is 26.4 Å². The SMILES string of the molecule is CC(C)C1C(=O)NCC(=O)N1Cc1cn2ccsc2n1. The minimum atomic E-state index is -0.420. The van der Waals surface area contributed by atoms with E-state index in [1.54, 1.807) is 16.2 Å². The molecular weight excluding hydrogens is 276 g/mol. The summed E-state index contributed by atoms with van der Waals surface area (Å²) in [5.74, 6) is -0.0664. The molecule has 1 saturated heterocycles. The smallest absolute Gasteiger partial charge is 0.243 e. The molecule has 20 heavy (non-hydrogen) atoms. The van der Waals surface area contributed by atoms with Crippen molar-refractivity contribution in [3.8, 4) is 0 Å². The lowest BCUT2D eigenvalue weighted by atomic mass is 9.99. The van der Waals surface area contributed by atoms with Gasteiger partial charge in [-0.3, -0.25) is 14.0 Å². The first-order chi connectivity index (χ1) is 9.56. The van der Waals surface area contributed by atoms with Gasteiger partial charge >= 0.3 is 0 Å². The normalized spacial score (nSPS) is 19.9. The summed E-state index contributed by atoms with van der Waals surface area (Å²) in [5, 5.41) is 4.61. The van der Waals surface area contributed by atoms with Gasteiger partial charge in [0.05, 0.1) is 18.8 Å². The Hall–Kier alpha value is -1.89. The topological polar surface area (TPSA) is 66.7 Å². The molecule has 1 fully saturated rings. The number of thiazole rings is 1. The Morgan fingerprint density at radius 2 is 2.30 bits per heavy atom. The molecule has 1 aliphatic rings. The fourth-order valence-electron chi connectivity index (χ4n) is 2.54. The number of hydrogen-bond acceptors (Lipinski definition) is 4. The third-order valence-corrected chi connectivity index (χ3v) is 4.22. The molecule has 0 aromatic carbocycles. The van der Waals surface area contributed by atoms with Crippen LogP contribution in [-0.2, 0) is 16.1 Å². The molecule has 6 nitrogen and oxygen atoms in total. The molecule has 3 rings (SSSR count). The molecule has 2 aromatic heterocycles. The molecule has 0 saturated carbocycles. The van der Waals surface area contributed by atoms with Crippen molar-refractivity contribution >= 4 is 28.1 Å². The van der Waals surface area contributed by atoms with Gasteiger partial charge in [-0.1, -0.05) is 13.8 Å². The third-order valence-electron chi connectivity index (χ3n) is 3.45. The van der Waals surface area contributed by atoms with Crippen LogP contribution in [0.4, 0.5) is 0 Å². The van der Waals surface area contributed by atoms with E-state index in [4.69, 9.17) is 0 Å². The number of amides is 2. The lowest BCUT2D eigenvalue weighted by Crippen LogP contribution is -2.59. The number of piperazine rings is 1. The molecule has 2 aromatic rings. The Bertz CT molecular complexity index is 632. The van der Waals surface area contributed by atoms with E-state index in [1.165, 1.54) is 0 Å². The van der Waals surface area contributed by atoms with Crippen LogP contribution in [0.25, 0.3) is 4.96 Å². The van der Waals surface area contributed by atoms with E-state index in [0.29, 0.717) is 6.54 Å². The zero-order valence-corrected chi connectivity index (χ0v) is 12.2. The number of nitrogens with zero attached hydrogens (tertiary/aromatic N) is 3. The molecule has 1 unspecified atom stereocenters. The van der Waals surface area contributed by atoms with E-state index in [0.717, 1.165) is 10.7 Å². The molecular formula is C13H16N4O2S. The number of hydrogen-bond donors (Lipinski definition) is 1. The molecule has 3 heterocycles. The van der Waals surface area contributed by atoms with E-state index in [-0.39, 0.29) is 24.3 Å². The Kier molecular flexibility index (Phi) is 3.21. The average Bonchev–Trinajstić information content (AvgIpc) is 2.94. The van der Waals surface area contributed by atoms with Gasteiger partial charge in [-0.05, 0) is 5.92 Å². The number of imidazole rings is 1. The van der Waals surface area contributed by atoms with Crippen LogP contribution in [0.2, 0.25) is 0 Å². The first-order valence-corrected chi connectivity index (χ1v) is 7.42. The van der Waals surface area contributed by atoms with Crippen molar-refractivity contribution in [3.05, 3.63) is 23.5 Å². The van der Waals surface area contributed by atoms with Crippen molar-refractivity contribution in [1.29, 1.82) is 0 Å². The van der Waals surface area contributed by atoms with Gasteiger partial charge in [-0.2, -0.15) is 0 Å². The van der Waals surface area contributed by atoms with Crippen LogP contribution in [0.5, 0.6) is 0 Å². The van der Waals surface area contributed by atoms with Crippen molar-refractivity contribution in [3.63, 3.8) is 0 Å². The molecule has 1 N–H and O–H groups in total. The monoisotopic (exact) mass is 292 g/mol.